The predicted molar refractivity (Wildman–Crippen MR) is 88.1 cm³/mol. The average Bonchev–Trinajstić information content (AvgIpc) is 2.83. The van der Waals surface area contributed by atoms with Crippen LogP contribution in [0.4, 0.5) is 0 Å². The molecule has 130 valence electrons. The van der Waals surface area contributed by atoms with Gasteiger partial charge in [-0.1, -0.05) is 6.92 Å². The van der Waals surface area contributed by atoms with E-state index in [-0.39, 0.29) is 23.1 Å². The lowest BCUT2D eigenvalue weighted by atomic mass is 9.50. The van der Waals surface area contributed by atoms with E-state index in [1.807, 2.05) is 0 Å². The molecule has 0 amide bonds. The van der Waals surface area contributed by atoms with Crippen LogP contribution in [0, 0.1) is 23.2 Å². The van der Waals surface area contributed by atoms with Gasteiger partial charge in [0, 0.05) is 31.1 Å². The fourth-order valence-electron chi connectivity index (χ4n) is 6.38. The zero-order valence-corrected chi connectivity index (χ0v) is 14.6. The second kappa shape index (κ2) is 5.27. The van der Waals surface area contributed by atoms with E-state index in [1.165, 1.54) is 6.92 Å². The lowest BCUT2D eigenvalue weighted by molar-refractivity contribution is -0.175. The van der Waals surface area contributed by atoms with Gasteiger partial charge in [-0.05, 0) is 62.0 Å². The van der Waals surface area contributed by atoms with Crippen LogP contribution in [0.25, 0.3) is 0 Å². The van der Waals surface area contributed by atoms with Crippen molar-refractivity contribution in [3.8, 4) is 0 Å². The second-order valence-corrected chi connectivity index (χ2v) is 8.45. The van der Waals surface area contributed by atoms with E-state index >= 15 is 0 Å². The predicted octanol–water partition coefficient (Wildman–Crippen LogP) is 3.38. The van der Waals surface area contributed by atoms with Gasteiger partial charge in [0.25, 0.3) is 0 Å². The first-order chi connectivity index (χ1) is 11.4. The van der Waals surface area contributed by atoms with Crippen molar-refractivity contribution in [2.45, 2.75) is 70.8 Å². The van der Waals surface area contributed by atoms with Gasteiger partial charge >= 0.3 is 5.97 Å². The number of carbonyl (C=O) groups excluding carboxylic acids is 3. The SMILES string of the molecule is CC(=O)O[C@]12CCC(=O)C=C1CC[C@H]1[C@H]2CC[C@]2(C)C(=O)CC[C@@H]12. The summed E-state index contributed by atoms with van der Waals surface area (Å²) >= 11 is 0. The second-order valence-electron chi connectivity index (χ2n) is 8.45. The molecule has 4 rings (SSSR count). The van der Waals surface area contributed by atoms with Gasteiger partial charge in [-0.3, -0.25) is 14.4 Å². The largest absolute Gasteiger partial charge is 0.454 e. The average molecular weight is 330 g/mol. The highest BCUT2D eigenvalue weighted by Gasteiger charge is 2.61. The Kier molecular flexibility index (Phi) is 3.52. The number of Topliss-reactive ketones (excluding diaryl/α,β-unsaturated/α-hetero) is 1. The van der Waals surface area contributed by atoms with Gasteiger partial charge in [-0.2, -0.15) is 0 Å². The molecule has 0 unspecified atom stereocenters. The normalized spacial score (nSPS) is 44.2. The molecular weight excluding hydrogens is 304 g/mol. The van der Waals surface area contributed by atoms with E-state index in [1.54, 1.807) is 6.08 Å². The highest BCUT2D eigenvalue weighted by molar-refractivity contribution is 5.92. The molecular formula is C20H26O4. The summed E-state index contributed by atoms with van der Waals surface area (Å²) in [5.41, 5.74) is 0.267. The van der Waals surface area contributed by atoms with Crippen LogP contribution in [0.3, 0.4) is 0 Å². The van der Waals surface area contributed by atoms with Crippen molar-refractivity contribution in [2.75, 3.05) is 0 Å². The molecule has 0 aromatic rings. The summed E-state index contributed by atoms with van der Waals surface area (Å²) in [6.07, 6.45) is 8.15. The summed E-state index contributed by atoms with van der Waals surface area (Å²) in [7, 11) is 0. The molecule has 0 aliphatic heterocycles. The molecule has 0 radical (unpaired) electrons. The Bertz CT molecular complexity index is 648. The van der Waals surface area contributed by atoms with Crippen molar-refractivity contribution in [2.24, 2.45) is 23.2 Å². The minimum Gasteiger partial charge on any atom is -0.454 e. The van der Waals surface area contributed by atoms with E-state index in [2.05, 4.69) is 6.92 Å². The fourth-order valence-corrected chi connectivity index (χ4v) is 6.38. The van der Waals surface area contributed by atoms with Crippen LogP contribution in [0.15, 0.2) is 11.6 Å². The van der Waals surface area contributed by atoms with E-state index in [0.717, 1.165) is 37.7 Å². The van der Waals surface area contributed by atoms with Crippen molar-refractivity contribution in [3.05, 3.63) is 11.6 Å². The number of hydrogen-bond acceptors (Lipinski definition) is 4. The van der Waals surface area contributed by atoms with Crippen molar-refractivity contribution < 1.29 is 19.1 Å². The summed E-state index contributed by atoms with van der Waals surface area (Å²) in [5.74, 6) is 1.43. The summed E-state index contributed by atoms with van der Waals surface area (Å²) < 4.78 is 5.96. The first-order valence-corrected chi connectivity index (χ1v) is 9.33. The highest BCUT2D eigenvalue weighted by atomic mass is 16.6. The summed E-state index contributed by atoms with van der Waals surface area (Å²) in [4.78, 5) is 36.2. The maximum absolute atomic E-state index is 12.4. The van der Waals surface area contributed by atoms with Gasteiger partial charge in [0.05, 0.1) is 0 Å². The molecule has 0 bridgehead atoms. The molecule has 4 aliphatic rings. The summed E-state index contributed by atoms with van der Waals surface area (Å²) in [6.45, 7) is 3.62. The van der Waals surface area contributed by atoms with Crippen LogP contribution >= 0.6 is 0 Å². The lowest BCUT2D eigenvalue weighted by Crippen LogP contribution is -2.57. The first-order valence-electron chi connectivity index (χ1n) is 9.33. The van der Waals surface area contributed by atoms with Crippen LogP contribution in [-0.4, -0.2) is 23.1 Å². The Balaban J connectivity index is 1.74. The number of ether oxygens (including phenoxy) is 1. The van der Waals surface area contributed by atoms with Gasteiger partial charge in [-0.25, -0.2) is 0 Å². The van der Waals surface area contributed by atoms with E-state index in [4.69, 9.17) is 4.74 Å². The van der Waals surface area contributed by atoms with Crippen LogP contribution in [0.2, 0.25) is 0 Å². The molecule has 0 N–H and O–H groups in total. The maximum Gasteiger partial charge on any atom is 0.303 e. The monoisotopic (exact) mass is 330 g/mol. The number of rotatable bonds is 1. The Morgan fingerprint density at radius 1 is 1.08 bits per heavy atom. The van der Waals surface area contributed by atoms with E-state index < -0.39 is 5.60 Å². The van der Waals surface area contributed by atoms with Crippen molar-refractivity contribution >= 4 is 17.5 Å². The number of esters is 1. The molecule has 4 aliphatic carbocycles. The molecule has 3 saturated carbocycles. The molecule has 0 saturated heterocycles. The Morgan fingerprint density at radius 3 is 2.62 bits per heavy atom. The molecule has 3 fully saturated rings. The van der Waals surface area contributed by atoms with Crippen LogP contribution in [0.1, 0.15) is 65.2 Å². The first kappa shape index (κ1) is 16.0. The van der Waals surface area contributed by atoms with Gasteiger partial charge in [0.2, 0.25) is 0 Å². The van der Waals surface area contributed by atoms with Crippen molar-refractivity contribution in [3.63, 3.8) is 0 Å². The standard InChI is InChI=1S/C20H26O4/c1-12(21)24-20-10-7-14(22)11-13(20)3-4-15-16-5-6-18(23)19(16,2)9-8-17(15)20/h11,15-17H,3-10H2,1-2H3/t15-,16+,17-,19+,20-/m1/s1. The highest BCUT2D eigenvalue weighted by Crippen LogP contribution is 2.62. The third-order valence-corrected chi connectivity index (χ3v) is 7.44. The molecule has 0 heterocycles. The van der Waals surface area contributed by atoms with E-state index in [0.29, 0.717) is 36.9 Å². The van der Waals surface area contributed by atoms with E-state index in [9.17, 15) is 14.4 Å². The minimum absolute atomic E-state index is 0.155. The Morgan fingerprint density at radius 2 is 1.88 bits per heavy atom. The summed E-state index contributed by atoms with van der Waals surface area (Å²) in [5, 5.41) is 0. The van der Waals surface area contributed by atoms with Gasteiger partial charge in [0.15, 0.2) is 5.78 Å². The molecule has 4 heteroatoms. The molecule has 5 atom stereocenters. The van der Waals surface area contributed by atoms with Crippen LogP contribution in [-0.2, 0) is 19.1 Å². The zero-order valence-electron chi connectivity index (χ0n) is 14.6. The summed E-state index contributed by atoms with van der Waals surface area (Å²) in [6, 6.07) is 0. The molecule has 24 heavy (non-hydrogen) atoms. The zero-order chi connectivity index (χ0) is 17.1. The van der Waals surface area contributed by atoms with Gasteiger partial charge in [-0.15, -0.1) is 0 Å². The number of hydrogen-bond donors (Lipinski definition) is 0. The third kappa shape index (κ3) is 2.07. The fraction of sp³-hybridized carbons (Fsp3) is 0.750. The molecule has 0 aromatic carbocycles. The maximum atomic E-state index is 12.4. The van der Waals surface area contributed by atoms with Crippen molar-refractivity contribution in [1.82, 2.24) is 0 Å². The van der Waals surface area contributed by atoms with Gasteiger partial charge in [0.1, 0.15) is 11.4 Å². The number of carbonyl (C=O) groups is 3. The molecule has 4 nitrogen and oxygen atoms in total. The van der Waals surface area contributed by atoms with Crippen molar-refractivity contribution in [1.29, 1.82) is 0 Å². The molecule has 0 spiro atoms. The Labute approximate surface area is 143 Å². The topological polar surface area (TPSA) is 60.4 Å². The number of fused-ring (bicyclic) bond motifs is 5. The van der Waals surface area contributed by atoms with Crippen LogP contribution < -0.4 is 0 Å². The number of ketones is 2. The minimum atomic E-state index is -0.588. The van der Waals surface area contributed by atoms with Crippen LogP contribution in [0.5, 0.6) is 0 Å². The quantitative estimate of drug-likeness (QED) is 0.692. The van der Waals surface area contributed by atoms with Gasteiger partial charge < -0.3 is 4.74 Å². The Hall–Kier alpha value is -1.45. The third-order valence-electron chi connectivity index (χ3n) is 7.44. The smallest absolute Gasteiger partial charge is 0.303 e. The lowest BCUT2D eigenvalue weighted by Gasteiger charge is -2.56. The molecule has 0 aromatic heterocycles.